The SMILES string of the molecule is Cc1cc(Nc2ccc(NC(=O)CCC(=O)c3ccc(Cl)cc3)cc2)ncn1. The first kappa shape index (κ1) is 19.5. The molecular weight excluding hydrogens is 376 g/mol. The Bertz CT molecular complexity index is 972. The normalized spacial score (nSPS) is 10.4. The molecule has 0 atom stereocenters. The third-order valence-corrected chi connectivity index (χ3v) is 4.24. The van der Waals surface area contributed by atoms with Gasteiger partial charge >= 0.3 is 0 Å². The fourth-order valence-corrected chi connectivity index (χ4v) is 2.66. The van der Waals surface area contributed by atoms with Gasteiger partial charge in [-0.05, 0) is 55.5 Å². The third-order valence-electron chi connectivity index (χ3n) is 3.99. The van der Waals surface area contributed by atoms with Crippen LogP contribution in [0, 0.1) is 6.92 Å². The van der Waals surface area contributed by atoms with Crippen LogP contribution in [0.5, 0.6) is 0 Å². The highest BCUT2D eigenvalue weighted by molar-refractivity contribution is 6.30. The van der Waals surface area contributed by atoms with E-state index in [2.05, 4.69) is 20.6 Å². The average molecular weight is 395 g/mol. The lowest BCUT2D eigenvalue weighted by Gasteiger charge is -2.08. The van der Waals surface area contributed by atoms with Gasteiger partial charge in [0.2, 0.25) is 5.91 Å². The van der Waals surface area contributed by atoms with Crippen molar-refractivity contribution in [3.63, 3.8) is 0 Å². The molecule has 0 bridgehead atoms. The van der Waals surface area contributed by atoms with Gasteiger partial charge < -0.3 is 10.6 Å². The van der Waals surface area contributed by atoms with E-state index in [9.17, 15) is 9.59 Å². The number of anilines is 3. The van der Waals surface area contributed by atoms with Gasteiger partial charge in [-0.2, -0.15) is 0 Å². The molecule has 1 amide bonds. The molecule has 2 N–H and O–H groups in total. The quantitative estimate of drug-likeness (QED) is 0.563. The summed E-state index contributed by atoms with van der Waals surface area (Å²) in [4.78, 5) is 32.4. The number of aryl methyl sites for hydroxylation is 1. The first-order valence-electron chi connectivity index (χ1n) is 8.74. The molecule has 6 nitrogen and oxygen atoms in total. The predicted octanol–water partition coefficient (Wildman–Crippen LogP) is 4.78. The van der Waals surface area contributed by atoms with Gasteiger partial charge in [0.05, 0.1) is 0 Å². The van der Waals surface area contributed by atoms with Gasteiger partial charge in [-0.15, -0.1) is 0 Å². The van der Waals surface area contributed by atoms with E-state index in [0.29, 0.717) is 22.1 Å². The zero-order chi connectivity index (χ0) is 19.9. The average Bonchev–Trinajstić information content (AvgIpc) is 2.68. The molecule has 28 heavy (non-hydrogen) atoms. The van der Waals surface area contributed by atoms with E-state index in [4.69, 9.17) is 11.6 Å². The molecule has 3 aromatic rings. The molecule has 0 saturated heterocycles. The van der Waals surface area contributed by atoms with Crippen LogP contribution in [-0.2, 0) is 4.79 Å². The summed E-state index contributed by atoms with van der Waals surface area (Å²) in [6.45, 7) is 1.89. The fourth-order valence-electron chi connectivity index (χ4n) is 2.54. The summed E-state index contributed by atoms with van der Waals surface area (Å²) in [6.07, 6.45) is 1.75. The number of amides is 1. The molecular formula is C21H19ClN4O2. The summed E-state index contributed by atoms with van der Waals surface area (Å²) in [5.41, 5.74) is 2.92. The maximum Gasteiger partial charge on any atom is 0.224 e. The Morgan fingerprint density at radius 1 is 0.929 bits per heavy atom. The standard InChI is InChI=1S/C21H19ClN4O2/c1-14-12-20(24-13-23-14)25-17-6-8-18(9-7-17)26-21(28)11-10-19(27)15-2-4-16(22)5-3-15/h2-9,12-13H,10-11H2,1H3,(H,26,28)(H,23,24,25). The van der Waals surface area contributed by atoms with Gasteiger partial charge in [0.15, 0.2) is 5.78 Å². The van der Waals surface area contributed by atoms with Crippen molar-refractivity contribution in [2.75, 3.05) is 10.6 Å². The summed E-state index contributed by atoms with van der Waals surface area (Å²) in [5, 5.41) is 6.53. The van der Waals surface area contributed by atoms with Crippen molar-refractivity contribution < 1.29 is 9.59 Å². The third kappa shape index (κ3) is 5.62. The van der Waals surface area contributed by atoms with Crippen LogP contribution in [0.2, 0.25) is 5.02 Å². The Morgan fingerprint density at radius 2 is 1.61 bits per heavy atom. The molecule has 2 aromatic carbocycles. The van der Waals surface area contributed by atoms with Gasteiger partial charge in [0.1, 0.15) is 12.1 Å². The van der Waals surface area contributed by atoms with Crippen molar-refractivity contribution in [1.29, 1.82) is 0 Å². The number of carbonyl (C=O) groups excluding carboxylic acids is 2. The zero-order valence-corrected chi connectivity index (χ0v) is 16.0. The molecule has 0 aliphatic rings. The van der Waals surface area contributed by atoms with Crippen LogP contribution in [-0.4, -0.2) is 21.7 Å². The number of aromatic nitrogens is 2. The number of hydrogen-bond donors (Lipinski definition) is 2. The molecule has 0 spiro atoms. The number of nitrogens with one attached hydrogen (secondary N) is 2. The molecule has 0 fully saturated rings. The van der Waals surface area contributed by atoms with Gasteiger partial charge in [0, 0.05) is 46.6 Å². The first-order chi connectivity index (χ1) is 13.5. The van der Waals surface area contributed by atoms with Crippen molar-refractivity contribution in [2.45, 2.75) is 19.8 Å². The largest absolute Gasteiger partial charge is 0.340 e. The van der Waals surface area contributed by atoms with Crippen LogP contribution in [0.1, 0.15) is 28.9 Å². The summed E-state index contributed by atoms with van der Waals surface area (Å²) in [7, 11) is 0. The number of Topliss-reactive ketones (excluding diaryl/α,β-unsaturated/α-hetero) is 1. The predicted molar refractivity (Wildman–Crippen MR) is 110 cm³/mol. The Balaban J connectivity index is 1.50. The van der Waals surface area contributed by atoms with Crippen LogP contribution in [0.25, 0.3) is 0 Å². The number of rotatable bonds is 7. The maximum atomic E-state index is 12.1. The lowest BCUT2D eigenvalue weighted by atomic mass is 10.1. The van der Waals surface area contributed by atoms with Gasteiger partial charge in [-0.1, -0.05) is 11.6 Å². The number of benzene rings is 2. The smallest absolute Gasteiger partial charge is 0.224 e. The van der Waals surface area contributed by atoms with E-state index in [-0.39, 0.29) is 24.5 Å². The van der Waals surface area contributed by atoms with Gasteiger partial charge in [0.25, 0.3) is 0 Å². The van der Waals surface area contributed by atoms with Crippen LogP contribution in [0.3, 0.4) is 0 Å². The Morgan fingerprint density at radius 3 is 2.29 bits per heavy atom. The Kier molecular flexibility index (Phi) is 6.34. The Hall–Kier alpha value is -3.25. The second-order valence-electron chi connectivity index (χ2n) is 6.23. The van der Waals surface area contributed by atoms with E-state index in [1.807, 2.05) is 25.1 Å². The second-order valence-corrected chi connectivity index (χ2v) is 6.66. The topological polar surface area (TPSA) is 84.0 Å². The van der Waals surface area contributed by atoms with Crippen LogP contribution >= 0.6 is 11.6 Å². The molecule has 3 rings (SSSR count). The van der Waals surface area contributed by atoms with E-state index in [1.54, 1.807) is 36.4 Å². The van der Waals surface area contributed by atoms with Crippen LogP contribution in [0.15, 0.2) is 60.9 Å². The highest BCUT2D eigenvalue weighted by Gasteiger charge is 2.10. The van der Waals surface area contributed by atoms with E-state index < -0.39 is 0 Å². The lowest BCUT2D eigenvalue weighted by Crippen LogP contribution is -2.13. The second kappa shape index (κ2) is 9.10. The minimum absolute atomic E-state index is 0.0912. The van der Waals surface area contributed by atoms with Crippen molar-refractivity contribution in [3.05, 3.63) is 77.2 Å². The summed E-state index contributed by atoms with van der Waals surface area (Å²) < 4.78 is 0. The lowest BCUT2D eigenvalue weighted by molar-refractivity contribution is -0.116. The van der Waals surface area contributed by atoms with Crippen LogP contribution < -0.4 is 10.6 Å². The van der Waals surface area contributed by atoms with Crippen molar-refractivity contribution in [1.82, 2.24) is 9.97 Å². The summed E-state index contributed by atoms with van der Waals surface area (Å²) in [6, 6.07) is 15.7. The minimum atomic E-state index is -0.213. The van der Waals surface area contributed by atoms with E-state index >= 15 is 0 Å². The number of hydrogen-bond acceptors (Lipinski definition) is 5. The molecule has 0 aliphatic carbocycles. The monoisotopic (exact) mass is 394 g/mol. The maximum absolute atomic E-state index is 12.1. The number of halogens is 1. The van der Waals surface area contributed by atoms with Crippen molar-refractivity contribution in [3.8, 4) is 0 Å². The molecule has 0 saturated carbocycles. The van der Waals surface area contributed by atoms with Crippen molar-refractivity contribution in [2.24, 2.45) is 0 Å². The first-order valence-corrected chi connectivity index (χ1v) is 9.12. The molecule has 1 heterocycles. The minimum Gasteiger partial charge on any atom is -0.340 e. The Labute approximate surface area is 168 Å². The van der Waals surface area contributed by atoms with Gasteiger partial charge in [-0.25, -0.2) is 9.97 Å². The molecule has 1 aromatic heterocycles. The van der Waals surface area contributed by atoms with Gasteiger partial charge in [-0.3, -0.25) is 9.59 Å². The fraction of sp³-hybridized carbons (Fsp3) is 0.143. The van der Waals surface area contributed by atoms with Crippen LogP contribution in [0.4, 0.5) is 17.2 Å². The highest BCUT2D eigenvalue weighted by atomic mass is 35.5. The summed E-state index contributed by atoms with van der Waals surface area (Å²) in [5.74, 6) is 0.394. The molecule has 142 valence electrons. The van der Waals surface area contributed by atoms with Crippen molar-refractivity contribution >= 4 is 40.5 Å². The summed E-state index contributed by atoms with van der Waals surface area (Å²) >= 11 is 5.81. The number of ketones is 1. The zero-order valence-electron chi connectivity index (χ0n) is 15.3. The molecule has 0 unspecified atom stereocenters. The molecule has 0 radical (unpaired) electrons. The number of nitrogens with zero attached hydrogens (tertiary/aromatic N) is 2. The van der Waals surface area contributed by atoms with E-state index in [0.717, 1.165) is 11.4 Å². The number of carbonyl (C=O) groups is 2. The highest BCUT2D eigenvalue weighted by Crippen LogP contribution is 2.18. The molecule has 7 heteroatoms. The van der Waals surface area contributed by atoms with E-state index in [1.165, 1.54) is 6.33 Å². The molecule has 0 aliphatic heterocycles.